The van der Waals surface area contributed by atoms with Crippen molar-refractivity contribution in [3.05, 3.63) is 59.2 Å². The summed E-state index contributed by atoms with van der Waals surface area (Å²) in [6.07, 6.45) is 0.952. The summed E-state index contributed by atoms with van der Waals surface area (Å²) in [5, 5.41) is 0. The van der Waals surface area contributed by atoms with Crippen molar-refractivity contribution in [3.8, 4) is 11.5 Å². The topological polar surface area (TPSA) is 44.5 Å². The largest absolute Gasteiger partial charge is 0.496 e. The third kappa shape index (κ3) is 3.76. The van der Waals surface area contributed by atoms with Gasteiger partial charge < -0.3 is 15.2 Å². The van der Waals surface area contributed by atoms with Crippen molar-refractivity contribution in [2.24, 2.45) is 5.73 Å². The maximum absolute atomic E-state index is 5.97. The van der Waals surface area contributed by atoms with E-state index in [4.69, 9.17) is 15.2 Å². The third-order valence-corrected chi connectivity index (χ3v) is 3.57. The van der Waals surface area contributed by atoms with Gasteiger partial charge in [-0.15, -0.1) is 0 Å². The van der Waals surface area contributed by atoms with Gasteiger partial charge in [0.1, 0.15) is 18.1 Å². The summed E-state index contributed by atoms with van der Waals surface area (Å²) in [7, 11) is 1.67. The smallest absolute Gasteiger partial charge is 0.125 e. The molecule has 0 radical (unpaired) electrons. The summed E-state index contributed by atoms with van der Waals surface area (Å²) in [6.45, 7) is 4.57. The molecule has 1 atom stereocenters. The van der Waals surface area contributed by atoms with Gasteiger partial charge in [-0.1, -0.05) is 31.2 Å². The molecule has 0 saturated carbocycles. The molecule has 0 bridgehead atoms. The van der Waals surface area contributed by atoms with Gasteiger partial charge in [0.15, 0.2) is 0 Å². The first kappa shape index (κ1) is 15.4. The van der Waals surface area contributed by atoms with E-state index in [-0.39, 0.29) is 6.04 Å². The lowest BCUT2D eigenvalue weighted by molar-refractivity contribution is 0.294. The summed E-state index contributed by atoms with van der Waals surface area (Å²) < 4.78 is 11.4. The van der Waals surface area contributed by atoms with Gasteiger partial charge >= 0.3 is 0 Å². The molecule has 0 spiro atoms. The van der Waals surface area contributed by atoms with E-state index in [1.807, 2.05) is 37.3 Å². The minimum absolute atomic E-state index is 0.00224. The number of benzene rings is 2. The minimum Gasteiger partial charge on any atom is -0.496 e. The molecule has 0 aromatic heterocycles. The molecule has 0 aliphatic rings. The zero-order valence-electron chi connectivity index (χ0n) is 12.9. The third-order valence-electron chi connectivity index (χ3n) is 3.57. The number of hydrogen-bond donors (Lipinski definition) is 1. The highest BCUT2D eigenvalue weighted by Crippen LogP contribution is 2.25. The monoisotopic (exact) mass is 285 g/mol. The summed E-state index contributed by atoms with van der Waals surface area (Å²) in [4.78, 5) is 0. The molecule has 0 aliphatic heterocycles. The molecule has 0 aliphatic carbocycles. The Kier molecular flexibility index (Phi) is 5.23. The second-order valence-electron chi connectivity index (χ2n) is 5.11. The van der Waals surface area contributed by atoms with Crippen molar-refractivity contribution in [2.75, 3.05) is 7.11 Å². The fourth-order valence-electron chi connectivity index (χ4n) is 2.29. The van der Waals surface area contributed by atoms with Crippen LogP contribution in [0.4, 0.5) is 0 Å². The lowest BCUT2D eigenvalue weighted by Gasteiger charge is -2.15. The Labute approximate surface area is 126 Å². The molecule has 21 heavy (non-hydrogen) atoms. The Hall–Kier alpha value is -2.00. The molecule has 0 fully saturated rings. The van der Waals surface area contributed by atoms with E-state index in [0.29, 0.717) is 6.61 Å². The fourth-order valence-corrected chi connectivity index (χ4v) is 2.29. The number of para-hydroxylation sites is 1. The van der Waals surface area contributed by atoms with Crippen LogP contribution in [0.5, 0.6) is 11.5 Å². The number of aryl methyl sites for hydroxylation is 1. The highest BCUT2D eigenvalue weighted by molar-refractivity contribution is 5.39. The molecule has 0 heterocycles. The predicted octanol–water partition coefficient (Wildman–Crippen LogP) is 3.86. The number of hydrogen-bond acceptors (Lipinski definition) is 3. The molecule has 112 valence electrons. The Morgan fingerprint density at radius 2 is 1.81 bits per heavy atom. The van der Waals surface area contributed by atoms with Crippen LogP contribution >= 0.6 is 0 Å². The molecule has 2 aromatic rings. The average molecular weight is 285 g/mol. The predicted molar refractivity (Wildman–Crippen MR) is 85.7 cm³/mol. The number of rotatable bonds is 6. The van der Waals surface area contributed by atoms with Crippen LogP contribution in [0.2, 0.25) is 0 Å². The Morgan fingerprint density at radius 3 is 2.48 bits per heavy atom. The number of ether oxygens (including phenoxy) is 2. The maximum Gasteiger partial charge on any atom is 0.125 e. The van der Waals surface area contributed by atoms with Gasteiger partial charge in [-0.05, 0) is 42.7 Å². The van der Waals surface area contributed by atoms with Crippen LogP contribution in [0.3, 0.4) is 0 Å². The van der Waals surface area contributed by atoms with Crippen LogP contribution in [0, 0.1) is 0 Å². The van der Waals surface area contributed by atoms with Crippen LogP contribution in [-0.2, 0) is 13.0 Å². The quantitative estimate of drug-likeness (QED) is 0.876. The van der Waals surface area contributed by atoms with Crippen molar-refractivity contribution in [2.45, 2.75) is 32.9 Å². The molecule has 1 unspecified atom stereocenters. The zero-order valence-corrected chi connectivity index (χ0v) is 12.9. The zero-order chi connectivity index (χ0) is 15.2. The van der Waals surface area contributed by atoms with Crippen LogP contribution in [-0.4, -0.2) is 7.11 Å². The van der Waals surface area contributed by atoms with Gasteiger partial charge in [-0.3, -0.25) is 0 Å². The van der Waals surface area contributed by atoms with Crippen LogP contribution in [0.15, 0.2) is 42.5 Å². The summed E-state index contributed by atoms with van der Waals surface area (Å²) in [6, 6.07) is 14.1. The van der Waals surface area contributed by atoms with Crippen LogP contribution in [0.25, 0.3) is 0 Å². The molecule has 0 saturated heterocycles. The molecular formula is C18H23NO2. The first-order chi connectivity index (χ1) is 10.2. The summed E-state index contributed by atoms with van der Waals surface area (Å²) >= 11 is 0. The van der Waals surface area contributed by atoms with Gasteiger partial charge in [-0.25, -0.2) is 0 Å². The van der Waals surface area contributed by atoms with Gasteiger partial charge in [0.2, 0.25) is 0 Å². The van der Waals surface area contributed by atoms with Gasteiger partial charge in [0, 0.05) is 11.6 Å². The maximum atomic E-state index is 5.97. The van der Waals surface area contributed by atoms with Crippen molar-refractivity contribution in [1.82, 2.24) is 0 Å². The van der Waals surface area contributed by atoms with Gasteiger partial charge in [0.25, 0.3) is 0 Å². The van der Waals surface area contributed by atoms with E-state index in [9.17, 15) is 0 Å². The van der Waals surface area contributed by atoms with Crippen LogP contribution in [0.1, 0.15) is 36.6 Å². The van der Waals surface area contributed by atoms with Crippen molar-refractivity contribution >= 4 is 0 Å². The van der Waals surface area contributed by atoms with E-state index in [0.717, 1.165) is 29.0 Å². The standard InChI is InChI=1S/C18H23NO2/c1-4-14-7-5-6-8-18(14)21-12-16-11-15(13(2)19)9-10-17(16)20-3/h5-11,13H,4,12,19H2,1-3H3. The Balaban J connectivity index is 2.20. The molecule has 3 nitrogen and oxygen atoms in total. The average Bonchev–Trinajstić information content (AvgIpc) is 2.52. The molecule has 2 rings (SSSR count). The van der Waals surface area contributed by atoms with E-state index in [2.05, 4.69) is 19.1 Å². The highest BCUT2D eigenvalue weighted by atomic mass is 16.5. The molecule has 0 amide bonds. The summed E-state index contributed by atoms with van der Waals surface area (Å²) in [5.41, 5.74) is 9.25. The van der Waals surface area contributed by atoms with Crippen molar-refractivity contribution < 1.29 is 9.47 Å². The van der Waals surface area contributed by atoms with Crippen molar-refractivity contribution in [3.63, 3.8) is 0 Å². The second kappa shape index (κ2) is 7.14. The number of nitrogens with two attached hydrogens (primary N) is 1. The summed E-state index contributed by atoms with van der Waals surface area (Å²) in [5.74, 6) is 1.75. The second-order valence-corrected chi connectivity index (χ2v) is 5.11. The minimum atomic E-state index is -0.00224. The highest BCUT2D eigenvalue weighted by Gasteiger charge is 2.09. The van der Waals surface area contributed by atoms with E-state index < -0.39 is 0 Å². The van der Waals surface area contributed by atoms with Crippen molar-refractivity contribution in [1.29, 1.82) is 0 Å². The van der Waals surface area contributed by atoms with Gasteiger partial charge in [0.05, 0.1) is 7.11 Å². The molecule has 2 N–H and O–H groups in total. The molecule has 2 aromatic carbocycles. The first-order valence-electron chi connectivity index (χ1n) is 7.28. The first-order valence-corrected chi connectivity index (χ1v) is 7.28. The lowest BCUT2D eigenvalue weighted by atomic mass is 10.1. The number of methoxy groups -OCH3 is 1. The van der Waals surface area contributed by atoms with Crippen LogP contribution < -0.4 is 15.2 Å². The lowest BCUT2D eigenvalue weighted by Crippen LogP contribution is -2.07. The fraction of sp³-hybridized carbons (Fsp3) is 0.333. The molecule has 3 heteroatoms. The van der Waals surface area contributed by atoms with E-state index in [1.54, 1.807) is 7.11 Å². The van der Waals surface area contributed by atoms with Gasteiger partial charge in [-0.2, -0.15) is 0 Å². The SMILES string of the molecule is CCc1ccccc1OCc1cc(C(C)N)ccc1OC. The molecular weight excluding hydrogens is 262 g/mol. The Bertz CT molecular complexity index is 594. The van der Waals surface area contributed by atoms with E-state index in [1.165, 1.54) is 5.56 Å². The Morgan fingerprint density at radius 1 is 1.05 bits per heavy atom. The normalized spacial score (nSPS) is 12.0. The van der Waals surface area contributed by atoms with E-state index >= 15 is 0 Å².